The Labute approximate surface area is 218 Å². The third-order valence-corrected chi connectivity index (χ3v) is 7.78. The molecule has 1 aliphatic rings. The first-order valence-corrected chi connectivity index (χ1v) is 14.3. The summed E-state index contributed by atoms with van der Waals surface area (Å²) in [5.74, 6) is 0.296. The molecule has 0 aliphatic heterocycles. The van der Waals surface area contributed by atoms with Gasteiger partial charge in [-0.1, -0.05) is 71.3 Å². The van der Waals surface area contributed by atoms with Crippen molar-refractivity contribution in [2.45, 2.75) is 110 Å². The standard InChI is InChI=1S/C32H44N2O2/c1-3-5-7-9-11-21-32(25-33)22-19-28(20-23-32)31(35)36-29-16-14-27(15-17-29)30-18-13-26(24-34-30)12-10-8-6-4-2/h13-18,24,28H,3-12,19-23H2,1-2H3. The molecular weight excluding hydrogens is 444 g/mol. The molecule has 1 aromatic heterocycles. The van der Waals surface area contributed by atoms with E-state index >= 15 is 0 Å². The molecule has 0 saturated heterocycles. The Morgan fingerprint density at radius 2 is 1.61 bits per heavy atom. The van der Waals surface area contributed by atoms with E-state index in [-0.39, 0.29) is 17.3 Å². The van der Waals surface area contributed by atoms with Crippen molar-refractivity contribution in [3.8, 4) is 23.1 Å². The molecule has 1 heterocycles. The first-order valence-electron chi connectivity index (χ1n) is 14.3. The van der Waals surface area contributed by atoms with Crippen LogP contribution in [0.3, 0.4) is 0 Å². The lowest BCUT2D eigenvalue weighted by Crippen LogP contribution is -2.31. The van der Waals surface area contributed by atoms with Crippen molar-refractivity contribution < 1.29 is 9.53 Å². The van der Waals surface area contributed by atoms with E-state index in [2.05, 4.69) is 37.0 Å². The lowest BCUT2D eigenvalue weighted by molar-refractivity contribution is -0.140. The van der Waals surface area contributed by atoms with Gasteiger partial charge in [0, 0.05) is 11.8 Å². The number of pyridine rings is 1. The van der Waals surface area contributed by atoms with Gasteiger partial charge in [-0.05, 0) is 80.8 Å². The first-order chi connectivity index (χ1) is 17.6. The highest BCUT2D eigenvalue weighted by atomic mass is 16.5. The number of aryl methyl sites for hydroxylation is 1. The van der Waals surface area contributed by atoms with Gasteiger partial charge in [0.2, 0.25) is 0 Å². The van der Waals surface area contributed by atoms with E-state index in [4.69, 9.17) is 4.74 Å². The lowest BCUT2D eigenvalue weighted by Gasteiger charge is -2.34. The van der Waals surface area contributed by atoms with Crippen LogP contribution in [0.15, 0.2) is 42.6 Å². The molecule has 0 unspecified atom stereocenters. The lowest BCUT2D eigenvalue weighted by atomic mass is 9.69. The second-order valence-electron chi connectivity index (χ2n) is 10.6. The summed E-state index contributed by atoms with van der Waals surface area (Å²) in [6.45, 7) is 4.45. The molecule has 0 atom stereocenters. The van der Waals surface area contributed by atoms with Gasteiger partial charge in [0.1, 0.15) is 5.75 Å². The SMILES string of the molecule is CCCCCCCC1(C#N)CCC(C(=O)Oc2ccc(-c3ccc(CCCCCC)cn3)cc2)CC1. The minimum Gasteiger partial charge on any atom is -0.426 e. The van der Waals surface area contributed by atoms with Crippen molar-refractivity contribution in [3.63, 3.8) is 0 Å². The normalized spacial score (nSPS) is 19.5. The van der Waals surface area contributed by atoms with Crippen LogP contribution < -0.4 is 4.74 Å². The number of hydrogen-bond donors (Lipinski definition) is 0. The molecule has 36 heavy (non-hydrogen) atoms. The molecule has 0 radical (unpaired) electrons. The number of unbranched alkanes of at least 4 members (excludes halogenated alkanes) is 7. The molecule has 1 aromatic carbocycles. The van der Waals surface area contributed by atoms with Crippen LogP contribution in [0.5, 0.6) is 5.75 Å². The minimum absolute atomic E-state index is 0.113. The Morgan fingerprint density at radius 1 is 0.944 bits per heavy atom. The highest BCUT2D eigenvalue weighted by Crippen LogP contribution is 2.42. The van der Waals surface area contributed by atoms with Gasteiger partial charge >= 0.3 is 5.97 Å². The fraction of sp³-hybridized carbons (Fsp3) is 0.594. The van der Waals surface area contributed by atoms with Gasteiger partial charge in [0.05, 0.1) is 23.1 Å². The average molecular weight is 489 g/mol. The number of carbonyl (C=O) groups excluding carboxylic acids is 1. The fourth-order valence-corrected chi connectivity index (χ4v) is 5.28. The third kappa shape index (κ3) is 8.47. The van der Waals surface area contributed by atoms with Crippen molar-refractivity contribution in [3.05, 3.63) is 48.2 Å². The van der Waals surface area contributed by atoms with E-state index in [0.29, 0.717) is 5.75 Å². The number of ether oxygens (including phenoxy) is 1. The van der Waals surface area contributed by atoms with Crippen LogP contribution >= 0.6 is 0 Å². The Bertz CT molecular complexity index is 951. The molecule has 2 aromatic rings. The van der Waals surface area contributed by atoms with Crippen LogP contribution in [0.4, 0.5) is 0 Å². The van der Waals surface area contributed by atoms with Gasteiger partial charge in [-0.25, -0.2) is 0 Å². The zero-order valence-corrected chi connectivity index (χ0v) is 22.4. The number of esters is 1. The van der Waals surface area contributed by atoms with Crippen LogP contribution in [0, 0.1) is 22.7 Å². The van der Waals surface area contributed by atoms with Gasteiger partial charge < -0.3 is 4.74 Å². The van der Waals surface area contributed by atoms with E-state index in [1.807, 2.05) is 30.5 Å². The maximum absolute atomic E-state index is 12.8. The molecule has 1 saturated carbocycles. The van der Waals surface area contributed by atoms with Gasteiger partial charge in [-0.2, -0.15) is 5.26 Å². The fourth-order valence-electron chi connectivity index (χ4n) is 5.28. The number of rotatable bonds is 14. The molecule has 4 nitrogen and oxygen atoms in total. The molecular formula is C32H44N2O2. The summed E-state index contributed by atoms with van der Waals surface area (Å²) in [5.41, 5.74) is 2.98. The predicted molar refractivity (Wildman–Crippen MR) is 147 cm³/mol. The summed E-state index contributed by atoms with van der Waals surface area (Å²) in [7, 11) is 0. The van der Waals surface area contributed by atoms with Crippen molar-refractivity contribution in [2.24, 2.45) is 11.3 Å². The quantitative estimate of drug-likeness (QED) is 0.151. The summed E-state index contributed by atoms with van der Waals surface area (Å²) >= 11 is 0. The van der Waals surface area contributed by atoms with Crippen molar-refractivity contribution in [1.29, 1.82) is 5.26 Å². The third-order valence-electron chi connectivity index (χ3n) is 7.78. The van der Waals surface area contributed by atoms with Crippen molar-refractivity contribution >= 4 is 5.97 Å². The highest BCUT2D eigenvalue weighted by Gasteiger charge is 2.37. The Hall–Kier alpha value is -2.67. The van der Waals surface area contributed by atoms with Crippen LogP contribution in [-0.2, 0) is 11.2 Å². The summed E-state index contributed by atoms with van der Waals surface area (Å²) in [6.07, 6.45) is 18.2. The average Bonchev–Trinajstić information content (AvgIpc) is 2.92. The summed E-state index contributed by atoms with van der Waals surface area (Å²) in [6, 6.07) is 14.5. The van der Waals surface area contributed by atoms with E-state index in [1.54, 1.807) is 0 Å². The Kier molecular flexibility index (Phi) is 11.5. The summed E-state index contributed by atoms with van der Waals surface area (Å²) in [4.78, 5) is 17.4. The molecule has 194 valence electrons. The van der Waals surface area contributed by atoms with Gasteiger partial charge in [0.25, 0.3) is 0 Å². The van der Waals surface area contributed by atoms with Crippen LogP contribution in [0.2, 0.25) is 0 Å². The number of aromatic nitrogens is 1. The van der Waals surface area contributed by atoms with Crippen molar-refractivity contribution in [1.82, 2.24) is 4.98 Å². The maximum Gasteiger partial charge on any atom is 0.314 e. The largest absolute Gasteiger partial charge is 0.426 e. The number of nitriles is 1. The first kappa shape index (κ1) is 27.9. The molecule has 4 heteroatoms. The Balaban J connectivity index is 1.45. The zero-order chi connectivity index (χ0) is 25.6. The monoisotopic (exact) mass is 488 g/mol. The zero-order valence-electron chi connectivity index (χ0n) is 22.4. The predicted octanol–water partition coefficient (Wildman–Crippen LogP) is 8.84. The van der Waals surface area contributed by atoms with E-state index in [9.17, 15) is 10.1 Å². The van der Waals surface area contributed by atoms with Crippen LogP contribution in [0.25, 0.3) is 11.3 Å². The number of hydrogen-bond acceptors (Lipinski definition) is 4. The topological polar surface area (TPSA) is 63.0 Å². The van der Waals surface area contributed by atoms with Gasteiger partial charge in [-0.3, -0.25) is 9.78 Å². The molecule has 0 bridgehead atoms. The summed E-state index contributed by atoms with van der Waals surface area (Å²) in [5, 5.41) is 9.83. The smallest absolute Gasteiger partial charge is 0.314 e. The number of carbonyl (C=O) groups is 1. The van der Waals surface area contributed by atoms with E-state index < -0.39 is 0 Å². The second kappa shape index (κ2) is 14.8. The molecule has 0 N–H and O–H groups in total. The molecule has 3 rings (SSSR count). The molecule has 1 aliphatic carbocycles. The molecule has 1 fully saturated rings. The highest BCUT2D eigenvalue weighted by molar-refractivity contribution is 5.75. The van der Waals surface area contributed by atoms with E-state index in [0.717, 1.165) is 56.2 Å². The van der Waals surface area contributed by atoms with Gasteiger partial charge in [-0.15, -0.1) is 0 Å². The van der Waals surface area contributed by atoms with Crippen molar-refractivity contribution in [2.75, 3.05) is 0 Å². The van der Waals surface area contributed by atoms with E-state index in [1.165, 1.54) is 56.9 Å². The van der Waals surface area contributed by atoms with Crippen LogP contribution in [0.1, 0.15) is 109 Å². The van der Waals surface area contributed by atoms with Crippen LogP contribution in [-0.4, -0.2) is 11.0 Å². The molecule has 0 amide bonds. The number of nitrogens with zero attached hydrogens (tertiary/aromatic N) is 2. The Morgan fingerprint density at radius 3 is 2.22 bits per heavy atom. The summed E-state index contributed by atoms with van der Waals surface area (Å²) < 4.78 is 5.71. The molecule has 0 spiro atoms. The maximum atomic E-state index is 12.8. The minimum atomic E-state index is -0.247. The second-order valence-corrected chi connectivity index (χ2v) is 10.6. The number of benzene rings is 1. The van der Waals surface area contributed by atoms with Gasteiger partial charge in [0.15, 0.2) is 0 Å².